The molecule has 2 unspecified atom stereocenters. The van der Waals surface area contributed by atoms with Gasteiger partial charge in [0.2, 0.25) is 0 Å². The van der Waals surface area contributed by atoms with Crippen LogP contribution in [0.4, 0.5) is 0 Å². The van der Waals surface area contributed by atoms with E-state index in [1.165, 1.54) is 7.11 Å². The lowest BCUT2D eigenvalue weighted by Crippen LogP contribution is -2.10. The lowest BCUT2D eigenvalue weighted by Gasteiger charge is -2.10. The molecule has 1 aliphatic rings. The number of hydrogen-bond donors (Lipinski definition) is 0. The lowest BCUT2D eigenvalue weighted by atomic mass is 10.0. The van der Waals surface area contributed by atoms with Crippen molar-refractivity contribution in [2.45, 2.75) is 12.2 Å². The Kier molecular flexibility index (Phi) is 4.78. The Hall–Kier alpha value is -2.05. The largest absolute Gasteiger partial charge is 0.497 e. The molecule has 0 amide bonds. The fourth-order valence-electron chi connectivity index (χ4n) is 2.58. The molecule has 0 radical (unpaired) electrons. The number of ether oxygens (including phenoxy) is 4. The van der Waals surface area contributed by atoms with Crippen molar-refractivity contribution in [3.8, 4) is 17.2 Å². The quantitative estimate of drug-likeness (QED) is 0.552. The molecule has 0 spiro atoms. The second-order valence-corrected chi connectivity index (χ2v) is 6.16. The summed E-state index contributed by atoms with van der Waals surface area (Å²) < 4.78 is 22.0. The maximum atomic E-state index is 12.8. The molecule has 0 bridgehead atoms. The van der Waals surface area contributed by atoms with Crippen LogP contribution in [-0.4, -0.2) is 33.2 Å². The van der Waals surface area contributed by atoms with Crippen LogP contribution in [0.3, 0.4) is 0 Å². The van der Waals surface area contributed by atoms with Crippen molar-refractivity contribution in [2.24, 2.45) is 0 Å². The summed E-state index contributed by atoms with van der Waals surface area (Å²) >= 11 is 3.42. The molecule has 6 heteroatoms. The van der Waals surface area contributed by atoms with Crippen molar-refractivity contribution in [1.29, 1.82) is 0 Å². The SMILES string of the molecule is COc1cccc(C2OC2C(=O)c2cc(OC)c(OC)cc2Br)c1. The minimum absolute atomic E-state index is 0.101. The molecule has 2 aromatic rings. The van der Waals surface area contributed by atoms with Crippen molar-refractivity contribution < 1.29 is 23.7 Å². The van der Waals surface area contributed by atoms with Crippen molar-refractivity contribution in [3.63, 3.8) is 0 Å². The predicted octanol–water partition coefficient (Wildman–Crippen LogP) is 3.80. The summed E-state index contributed by atoms with van der Waals surface area (Å²) in [5, 5.41) is 0. The standard InChI is InChI=1S/C18H17BrO5/c1-21-11-6-4-5-10(7-11)17-18(24-17)16(20)12-8-14(22-2)15(23-3)9-13(12)19/h4-9,17-18H,1-3H3. The summed E-state index contributed by atoms with van der Waals surface area (Å²) in [6, 6.07) is 10.9. The maximum absolute atomic E-state index is 12.8. The zero-order valence-corrected chi connectivity index (χ0v) is 15.1. The molecular formula is C18H17BrO5. The molecule has 1 aliphatic heterocycles. The monoisotopic (exact) mass is 392 g/mol. The Bertz CT molecular complexity index is 774. The van der Waals surface area contributed by atoms with E-state index in [4.69, 9.17) is 18.9 Å². The fourth-order valence-corrected chi connectivity index (χ4v) is 3.10. The first-order valence-corrected chi connectivity index (χ1v) is 8.13. The molecular weight excluding hydrogens is 376 g/mol. The van der Waals surface area contributed by atoms with Gasteiger partial charge in [-0.25, -0.2) is 0 Å². The van der Waals surface area contributed by atoms with Gasteiger partial charge in [-0.15, -0.1) is 0 Å². The van der Waals surface area contributed by atoms with Gasteiger partial charge in [0.1, 0.15) is 11.9 Å². The number of Topliss-reactive ketones (excluding diaryl/α,β-unsaturated/α-hetero) is 1. The normalized spacial score (nSPS) is 18.8. The first kappa shape index (κ1) is 16.8. The van der Waals surface area contributed by atoms with Crippen molar-refractivity contribution >= 4 is 21.7 Å². The van der Waals surface area contributed by atoms with E-state index in [-0.39, 0.29) is 11.9 Å². The van der Waals surface area contributed by atoms with E-state index in [1.807, 2.05) is 24.3 Å². The van der Waals surface area contributed by atoms with Crippen LogP contribution in [0.1, 0.15) is 22.0 Å². The summed E-state index contributed by atoms with van der Waals surface area (Å²) in [5.74, 6) is 1.70. The molecule has 1 saturated heterocycles. The van der Waals surface area contributed by atoms with Crippen LogP contribution in [0.15, 0.2) is 40.9 Å². The van der Waals surface area contributed by atoms with Gasteiger partial charge in [0.05, 0.1) is 21.3 Å². The topological polar surface area (TPSA) is 57.3 Å². The van der Waals surface area contributed by atoms with Crippen LogP contribution in [0.2, 0.25) is 0 Å². The van der Waals surface area contributed by atoms with Gasteiger partial charge in [-0.2, -0.15) is 0 Å². The number of methoxy groups -OCH3 is 3. The molecule has 0 aromatic heterocycles. The van der Waals surface area contributed by atoms with Gasteiger partial charge < -0.3 is 18.9 Å². The average Bonchev–Trinajstić information content (AvgIpc) is 3.41. The second-order valence-electron chi connectivity index (χ2n) is 5.31. The Morgan fingerprint density at radius 1 is 1.04 bits per heavy atom. The van der Waals surface area contributed by atoms with Crippen molar-refractivity contribution in [3.05, 3.63) is 52.0 Å². The average molecular weight is 393 g/mol. The summed E-state index contributed by atoms with van der Waals surface area (Å²) in [6.45, 7) is 0. The Balaban J connectivity index is 1.83. The minimum Gasteiger partial charge on any atom is -0.497 e. The maximum Gasteiger partial charge on any atom is 0.195 e. The highest BCUT2D eigenvalue weighted by Gasteiger charge is 2.47. The van der Waals surface area contributed by atoms with Crippen LogP contribution >= 0.6 is 15.9 Å². The predicted molar refractivity (Wildman–Crippen MR) is 92.2 cm³/mol. The second kappa shape index (κ2) is 6.83. The van der Waals surface area contributed by atoms with Gasteiger partial charge in [0.15, 0.2) is 23.4 Å². The number of rotatable bonds is 6. The molecule has 2 atom stereocenters. The van der Waals surface area contributed by atoms with Crippen LogP contribution in [-0.2, 0) is 4.74 Å². The van der Waals surface area contributed by atoms with E-state index >= 15 is 0 Å². The van der Waals surface area contributed by atoms with Crippen molar-refractivity contribution in [1.82, 2.24) is 0 Å². The number of carbonyl (C=O) groups excluding carboxylic acids is 1. The summed E-state index contributed by atoms with van der Waals surface area (Å²) in [5.41, 5.74) is 1.42. The van der Waals surface area contributed by atoms with E-state index in [2.05, 4.69) is 15.9 Å². The third kappa shape index (κ3) is 3.12. The van der Waals surface area contributed by atoms with Crippen LogP contribution < -0.4 is 14.2 Å². The van der Waals surface area contributed by atoms with E-state index < -0.39 is 6.10 Å². The number of ketones is 1. The van der Waals surface area contributed by atoms with Gasteiger partial charge in [-0.3, -0.25) is 4.79 Å². The highest BCUT2D eigenvalue weighted by Crippen LogP contribution is 2.43. The first-order chi connectivity index (χ1) is 11.6. The minimum atomic E-state index is -0.508. The smallest absolute Gasteiger partial charge is 0.195 e. The van der Waals surface area contributed by atoms with Crippen LogP contribution in [0.5, 0.6) is 17.2 Å². The molecule has 0 N–H and O–H groups in total. The van der Waals surface area contributed by atoms with Gasteiger partial charge in [-0.05, 0) is 45.8 Å². The molecule has 0 aliphatic carbocycles. The number of hydrogen-bond acceptors (Lipinski definition) is 5. The summed E-state index contributed by atoms with van der Waals surface area (Å²) in [4.78, 5) is 12.8. The number of carbonyl (C=O) groups is 1. The molecule has 1 fully saturated rings. The lowest BCUT2D eigenvalue weighted by molar-refractivity contribution is 0.0952. The third-order valence-corrected chi connectivity index (χ3v) is 4.57. The Morgan fingerprint density at radius 3 is 2.42 bits per heavy atom. The van der Waals surface area contributed by atoms with Gasteiger partial charge in [-0.1, -0.05) is 12.1 Å². The summed E-state index contributed by atoms with van der Waals surface area (Å²) in [7, 11) is 4.69. The van der Waals surface area contributed by atoms with Crippen molar-refractivity contribution in [2.75, 3.05) is 21.3 Å². The summed E-state index contributed by atoms with van der Waals surface area (Å²) in [6.07, 6.45) is -0.765. The number of halogens is 1. The third-order valence-electron chi connectivity index (χ3n) is 3.91. The molecule has 2 aromatic carbocycles. The highest BCUT2D eigenvalue weighted by atomic mass is 79.9. The molecule has 24 heavy (non-hydrogen) atoms. The Morgan fingerprint density at radius 2 is 1.75 bits per heavy atom. The first-order valence-electron chi connectivity index (χ1n) is 7.34. The Labute approximate surface area is 148 Å². The van der Waals surface area contributed by atoms with E-state index in [9.17, 15) is 4.79 Å². The fraction of sp³-hybridized carbons (Fsp3) is 0.278. The molecule has 3 rings (SSSR count). The number of benzene rings is 2. The highest BCUT2D eigenvalue weighted by molar-refractivity contribution is 9.10. The van der Waals surface area contributed by atoms with E-state index in [0.717, 1.165) is 11.3 Å². The van der Waals surface area contributed by atoms with Gasteiger partial charge in [0, 0.05) is 10.0 Å². The molecule has 126 valence electrons. The van der Waals surface area contributed by atoms with E-state index in [1.54, 1.807) is 26.4 Å². The van der Waals surface area contributed by atoms with Crippen LogP contribution in [0, 0.1) is 0 Å². The van der Waals surface area contributed by atoms with Gasteiger partial charge >= 0.3 is 0 Å². The molecule has 1 heterocycles. The zero-order valence-electron chi connectivity index (χ0n) is 13.5. The molecule has 5 nitrogen and oxygen atoms in total. The zero-order chi connectivity index (χ0) is 17.3. The molecule has 0 saturated carbocycles. The van der Waals surface area contributed by atoms with Gasteiger partial charge in [0.25, 0.3) is 0 Å². The van der Waals surface area contributed by atoms with E-state index in [0.29, 0.717) is 21.5 Å². The number of epoxide rings is 1. The van der Waals surface area contributed by atoms with Crippen LogP contribution in [0.25, 0.3) is 0 Å².